The van der Waals surface area contributed by atoms with Gasteiger partial charge in [-0.3, -0.25) is 29.4 Å². The van der Waals surface area contributed by atoms with Gasteiger partial charge in [0.25, 0.3) is 11.6 Å². The first-order valence-corrected chi connectivity index (χ1v) is 15.5. The van der Waals surface area contributed by atoms with E-state index in [1.807, 2.05) is 30.3 Å². The Morgan fingerprint density at radius 3 is 2.18 bits per heavy atom. The number of aromatic nitrogens is 2. The number of aliphatic hydroxyl groups excluding tert-OH is 1. The lowest BCUT2D eigenvalue weighted by Crippen LogP contribution is -2.60. The lowest BCUT2D eigenvalue weighted by molar-refractivity contribution is -0.384. The third kappa shape index (κ3) is 12.2. The van der Waals surface area contributed by atoms with Gasteiger partial charge in [-0.15, -0.1) is 24.8 Å². The topological polar surface area (TPSA) is 237 Å². The van der Waals surface area contributed by atoms with Crippen LogP contribution in [0, 0.1) is 16.0 Å². The van der Waals surface area contributed by atoms with Crippen LogP contribution in [-0.2, 0) is 43.2 Å². The van der Waals surface area contributed by atoms with Gasteiger partial charge >= 0.3 is 5.97 Å². The highest BCUT2D eigenvalue weighted by molar-refractivity contribution is 6.03. The average molecular weight is 739 g/mol. The van der Waals surface area contributed by atoms with Crippen molar-refractivity contribution in [3.05, 3.63) is 94.1 Å². The predicted octanol–water partition coefficient (Wildman–Crippen LogP) is 2.02. The van der Waals surface area contributed by atoms with Crippen LogP contribution < -0.4 is 16.8 Å². The zero-order chi connectivity index (χ0) is 35.4. The fourth-order valence-electron chi connectivity index (χ4n) is 5.17. The zero-order valence-corrected chi connectivity index (χ0v) is 29.6. The average Bonchev–Trinajstić information content (AvgIpc) is 3.59. The Kier molecular flexibility index (Phi) is 18.3. The van der Waals surface area contributed by atoms with Crippen LogP contribution in [0.2, 0.25) is 0 Å². The van der Waals surface area contributed by atoms with E-state index >= 15 is 0 Å². The number of rotatable bonds is 17. The van der Waals surface area contributed by atoms with E-state index in [9.17, 15) is 34.4 Å². The third-order valence-electron chi connectivity index (χ3n) is 8.14. The van der Waals surface area contributed by atoms with Gasteiger partial charge in [-0.2, -0.15) is 0 Å². The second kappa shape index (κ2) is 21.0. The molecule has 2 aromatic carbocycles. The number of halogens is 2. The van der Waals surface area contributed by atoms with Crippen LogP contribution in [0.4, 0.5) is 5.69 Å². The lowest BCUT2D eigenvalue weighted by Gasteiger charge is -2.35. The number of imidazole rings is 1. The molecule has 15 nitrogen and oxygen atoms in total. The maximum atomic E-state index is 14.4. The largest absolute Gasteiger partial charge is 0.467 e. The number of nitrogens with one attached hydrogen (secondary N) is 2. The molecule has 1 aromatic heterocycles. The summed E-state index contributed by atoms with van der Waals surface area (Å²) in [6, 6.07) is 9.83. The van der Waals surface area contributed by atoms with Gasteiger partial charge in [0.2, 0.25) is 11.8 Å². The Morgan fingerprint density at radius 2 is 1.64 bits per heavy atom. The fourth-order valence-corrected chi connectivity index (χ4v) is 5.17. The summed E-state index contributed by atoms with van der Waals surface area (Å²) in [6.07, 6.45) is 1.21. The lowest BCUT2D eigenvalue weighted by atomic mass is 9.94. The quantitative estimate of drug-likeness (QED) is 0.0763. The van der Waals surface area contributed by atoms with Crippen molar-refractivity contribution in [1.82, 2.24) is 20.2 Å². The molecule has 0 saturated heterocycles. The van der Waals surface area contributed by atoms with Gasteiger partial charge in [-0.05, 0) is 29.9 Å². The number of non-ortho nitro benzene ring substituents is 1. The van der Waals surface area contributed by atoms with E-state index in [0.717, 1.165) is 17.6 Å². The van der Waals surface area contributed by atoms with Crippen molar-refractivity contribution in [2.24, 2.45) is 17.4 Å². The van der Waals surface area contributed by atoms with E-state index in [1.165, 1.54) is 36.8 Å². The molecule has 1 heterocycles. The first-order valence-electron chi connectivity index (χ1n) is 15.5. The molecule has 6 atom stereocenters. The van der Waals surface area contributed by atoms with E-state index in [4.69, 9.17) is 16.2 Å². The SMILES string of the molecule is CC[C@H](C)[C@@H](C(=O)OC)N(C(=O)CC(O)[C@@H](N)Cc1ccc([N+](=O)[O-])cc1)C(=O)[C@H](Cc1cnc[nH]1)NC(=O)[C@@H](N)Cc1ccccc1.Cl.Cl. The molecule has 0 spiro atoms. The highest BCUT2D eigenvalue weighted by Gasteiger charge is 2.42. The Morgan fingerprint density at radius 1 is 1.02 bits per heavy atom. The number of nitro groups is 1. The summed E-state index contributed by atoms with van der Waals surface area (Å²) >= 11 is 0. The summed E-state index contributed by atoms with van der Waals surface area (Å²) < 4.78 is 5.00. The molecule has 1 unspecified atom stereocenters. The number of nitrogens with zero attached hydrogens (tertiary/aromatic N) is 3. The number of aliphatic hydroxyl groups is 1. The summed E-state index contributed by atoms with van der Waals surface area (Å²) in [5.41, 5.74) is 14.2. The van der Waals surface area contributed by atoms with E-state index in [0.29, 0.717) is 17.7 Å². The van der Waals surface area contributed by atoms with Crippen molar-refractivity contribution >= 4 is 54.2 Å². The molecule has 3 aromatic rings. The zero-order valence-electron chi connectivity index (χ0n) is 28.0. The number of esters is 1. The molecule has 0 radical (unpaired) electrons. The Balaban J connectivity index is 0.00000625. The third-order valence-corrected chi connectivity index (χ3v) is 8.14. The highest BCUT2D eigenvalue weighted by atomic mass is 35.5. The number of amides is 3. The molecular weight excluding hydrogens is 693 g/mol. The molecule has 0 bridgehead atoms. The maximum absolute atomic E-state index is 14.4. The summed E-state index contributed by atoms with van der Waals surface area (Å²) in [7, 11) is 1.13. The number of aromatic amines is 1. The van der Waals surface area contributed by atoms with Crippen molar-refractivity contribution in [2.45, 2.75) is 76.2 Å². The molecule has 50 heavy (non-hydrogen) atoms. The van der Waals surface area contributed by atoms with Crippen molar-refractivity contribution < 1.29 is 33.9 Å². The number of ether oxygens (including phenoxy) is 1. The highest BCUT2D eigenvalue weighted by Crippen LogP contribution is 2.22. The molecular formula is C33H45Cl2N7O8. The number of imide groups is 1. The first kappa shape index (κ1) is 43.6. The minimum Gasteiger partial charge on any atom is -0.467 e. The normalized spacial score (nSPS) is 14.3. The van der Waals surface area contributed by atoms with Crippen LogP contribution in [0.25, 0.3) is 0 Å². The standard InChI is InChI=1S/C33H43N7O8.2ClH/c1-4-20(2)30(33(45)48-3)39(29(42)17-28(41)25(34)14-22-10-12-24(13-11-22)40(46)47)32(44)27(16-23-18-36-19-37-23)38-31(43)26(35)15-21-8-6-5-7-9-21;;/h5-13,18-20,25-28,30,41H,4,14-17,34-35H2,1-3H3,(H,36,37)(H,38,43);2*1H/t20-,25-,26-,27-,28?,30-;;/m0../s1. The number of nitrogens with two attached hydrogens (primary N) is 2. The van der Waals surface area contributed by atoms with Crippen molar-refractivity contribution in [1.29, 1.82) is 0 Å². The number of methoxy groups -OCH3 is 1. The first-order chi connectivity index (χ1) is 22.9. The smallest absolute Gasteiger partial charge is 0.329 e. The molecule has 7 N–H and O–H groups in total. The van der Waals surface area contributed by atoms with Crippen molar-refractivity contribution in [3.63, 3.8) is 0 Å². The number of H-pyrrole nitrogens is 1. The van der Waals surface area contributed by atoms with Gasteiger partial charge in [-0.25, -0.2) is 9.78 Å². The van der Waals surface area contributed by atoms with Crippen molar-refractivity contribution in [3.8, 4) is 0 Å². The second-order valence-corrected chi connectivity index (χ2v) is 11.7. The predicted molar refractivity (Wildman–Crippen MR) is 189 cm³/mol. The van der Waals surface area contributed by atoms with Crippen LogP contribution >= 0.6 is 24.8 Å². The minimum absolute atomic E-state index is 0. The van der Waals surface area contributed by atoms with E-state index in [2.05, 4.69) is 15.3 Å². The number of benzene rings is 2. The number of carbonyl (C=O) groups is 4. The number of hydrogen-bond acceptors (Lipinski definition) is 11. The molecule has 3 amide bonds. The van der Waals surface area contributed by atoms with Crippen LogP contribution in [-0.4, -0.2) is 86.0 Å². The molecule has 0 fully saturated rings. The summed E-state index contributed by atoms with van der Waals surface area (Å²) in [6.45, 7) is 3.44. The molecule has 0 aliphatic heterocycles. The van der Waals surface area contributed by atoms with Gasteiger partial charge < -0.3 is 31.6 Å². The number of hydrogen-bond donors (Lipinski definition) is 5. The molecule has 3 rings (SSSR count). The minimum atomic E-state index is -1.47. The van der Waals surface area contributed by atoms with Crippen LogP contribution in [0.1, 0.15) is 43.5 Å². The van der Waals surface area contributed by atoms with E-state index in [1.54, 1.807) is 13.8 Å². The van der Waals surface area contributed by atoms with Crippen LogP contribution in [0.15, 0.2) is 67.1 Å². The molecule has 0 aliphatic carbocycles. The van der Waals surface area contributed by atoms with Crippen molar-refractivity contribution in [2.75, 3.05) is 7.11 Å². The Labute approximate surface area is 302 Å². The van der Waals surface area contributed by atoms with Gasteiger partial charge in [-0.1, -0.05) is 62.7 Å². The van der Waals surface area contributed by atoms with E-state index < -0.39 is 71.2 Å². The summed E-state index contributed by atoms with van der Waals surface area (Å²) in [4.78, 5) is 72.9. The van der Waals surface area contributed by atoms with Crippen LogP contribution in [0.5, 0.6) is 0 Å². The summed E-state index contributed by atoms with van der Waals surface area (Å²) in [5, 5.41) is 24.6. The fraction of sp³-hybridized carbons (Fsp3) is 0.424. The number of nitro benzene ring substituents is 1. The second-order valence-electron chi connectivity index (χ2n) is 11.7. The van der Waals surface area contributed by atoms with E-state index in [-0.39, 0.29) is 49.8 Å². The summed E-state index contributed by atoms with van der Waals surface area (Å²) in [5.74, 6) is -3.92. The molecule has 0 saturated carbocycles. The monoisotopic (exact) mass is 737 g/mol. The van der Waals surface area contributed by atoms with Gasteiger partial charge in [0.05, 0.1) is 36.9 Å². The Hall–Kier alpha value is -4.41. The molecule has 0 aliphatic rings. The maximum Gasteiger partial charge on any atom is 0.329 e. The van der Waals surface area contributed by atoms with Crippen LogP contribution in [0.3, 0.4) is 0 Å². The van der Waals surface area contributed by atoms with Gasteiger partial charge in [0, 0.05) is 36.5 Å². The molecule has 274 valence electrons. The molecule has 17 heteroatoms. The van der Waals surface area contributed by atoms with Gasteiger partial charge in [0.1, 0.15) is 12.1 Å². The Bertz CT molecular complexity index is 1530. The number of carbonyl (C=O) groups excluding carboxylic acids is 4. The van der Waals surface area contributed by atoms with Gasteiger partial charge in [0.15, 0.2) is 0 Å².